The van der Waals surface area contributed by atoms with Crippen LogP contribution in [-0.2, 0) is 9.53 Å². The molecule has 1 aromatic carbocycles. The lowest BCUT2D eigenvalue weighted by molar-refractivity contribution is -0.132. The SMILES string of the molecule is CCCN(CC1CC1)C(=O)C[C@@H]1CCC(N(C(=O)c2ccc(OC)c(OCCCOC)c2)C(C)C)CN1. The fraction of sp³-hybridized carbons (Fsp3) is 0.724. The lowest BCUT2D eigenvalue weighted by Crippen LogP contribution is -2.54. The number of ether oxygens (including phenoxy) is 3. The van der Waals surface area contributed by atoms with E-state index in [-0.39, 0.29) is 29.9 Å². The molecule has 0 radical (unpaired) electrons. The van der Waals surface area contributed by atoms with Gasteiger partial charge in [-0.2, -0.15) is 0 Å². The summed E-state index contributed by atoms with van der Waals surface area (Å²) >= 11 is 0. The minimum Gasteiger partial charge on any atom is -0.493 e. The summed E-state index contributed by atoms with van der Waals surface area (Å²) in [5.41, 5.74) is 0.587. The monoisotopic (exact) mass is 517 g/mol. The largest absolute Gasteiger partial charge is 0.493 e. The highest BCUT2D eigenvalue weighted by atomic mass is 16.5. The molecule has 1 saturated heterocycles. The predicted molar refractivity (Wildman–Crippen MR) is 145 cm³/mol. The van der Waals surface area contributed by atoms with Crippen LogP contribution in [0, 0.1) is 5.92 Å². The smallest absolute Gasteiger partial charge is 0.254 e. The number of piperidine rings is 1. The lowest BCUT2D eigenvalue weighted by atomic mass is 9.95. The second kappa shape index (κ2) is 14.6. The van der Waals surface area contributed by atoms with Gasteiger partial charge in [-0.1, -0.05) is 6.92 Å². The van der Waals surface area contributed by atoms with Crippen LogP contribution in [0.1, 0.15) is 76.1 Å². The molecule has 1 saturated carbocycles. The Kier molecular flexibility index (Phi) is 11.5. The van der Waals surface area contributed by atoms with E-state index in [4.69, 9.17) is 14.2 Å². The number of hydrogen-bond donors (Lipinski definition) is 1. The van der Waals surface area contributed by atoms with Gasteiger partial charge in [0.2, 0.25) is 5.91 Å². The molecule has 2 atom stereocenters. The number of carbonyl (C=O) groups is 2. The number of nitrogens with one attached hydrogen (secondary N) is 1. The Balaban J connectivity index is 1.60. The van der Waals surface area contributed by atoms with Crippen molar-refractivity contribution in [2.24, 2.45) is 5.92 Å². The molecule has 2 fully saturated rings. The highest BCUT2D eigenvalue weighted by molar-refractivity contribution is 5.95. The van der Waals surface area contributed by atoms with Crippen molar-refractivity contribution < 1.29 is 23.8 Å². The van der Waals surface area contributed by atoms with Gasteiger partial charge in [-0.3, -0.25) is 9.59 Å². The molecule has 8 heteroatoms. The van der Waals surface area contributed by atoms with Gasteiger partial charge in [0.25, 0.3) is 5.91 Å². The van der Waals surface area contributed by atoms with Gasteiger partial charge in [0, 0.05) is 69.9 Å². The number of hydrogen-bond acceptors (Lipinski definition) is 6. The van der Waals surface area contributed by atoms with Gasteiger partial charge in [0.15, 0.2) is 11.5 Å². The molecule has 2 aliphatic rings. The van der Waals surface area contributed by atoms with E-state index in [1.54, 1.807) is 32.4 Å². The third kappa shape index (κ3) is 8.60. The molecule has 0 aromatic heterocycles. The first-order valence-electron chi connectivity index (χ1n) is 14.0. The molecule has 8 nitrogen and oxygen atoms in total. The Hall–Kier alpha value is -2.32. The topological polar surface area (TPSA) is 80.3 Å². The summed E-state index contributed by atoms with van der Waals surface area (Å²) in [5, 5.41) is 3.58. The van der Waals surface area contributed by atoms with Gasteiger partial charge < -0.3 is 29.3 Å². The summed E-state index contributed by atoms with van der Waals surface area (Å²) in [6, 6.07) is 5.66. The van der Waals surface area contributed by atoms with E-state index in [0.29, 0.717) is 49.2 Å². The zero-order valence-electron chi connectivity index (χ0n) is 23.5. The van der Waals surface area contributed by atoms with Crippen molar-refractivity contribution in [3.63, 3.8) is 0 Å². The Bertz CT molecular complexity index is 865. The van der Waals surface area contributed by atoms with Crippen LogP contribution in [0.3, 0.4) is 0 Å². The van der Waals surface area contributed by atoms with E-state index in [9.17, 15) is 9.59 Å². The van der Waals surface area contributed by atoms with Crippen molar-refractivity contribution in [1.29, 1.82) is 0 Å². The second-order valence-electron chi connectivity index (χ2n) is 10.7. The predicted octanol–water partition coefficient (Wildman–Crippen LogP) is 4.12. The minimum atomic E-state index is -0.0146. The fourth-order valence-electron chi connectivity index (χ4n) is 5.13. The van der Waals surface area contributed by atoms with Gasteiger partial charge in [-0.05, 0) is 70.1 Å². The number of rotatable bonds is 15. The third-order valence-electron chi connectivity index (χ3n) is 7.28. The molecule has 0 spiro atoms. The molecule has 1 aliphatic carbocycles. The van der Waals surface area contributed by atoms with E-state index >= 15 is 0 Å². The maximum absolute atomic E-state index is 13.7. The molecule has 1 aromatic rings. The molecule has 1 N–H and O–H groups in total. The highest BCUT2D eigenvalue weighted by Gasteiger charge is 2.33. The molecular weight excluding hydrogens is 470 g/mol. The molecule has 3 rings (SSSR count). The zero-order chi connectivity index (χ0) is 26.8. The van der Waals surface area contributed by atoms with Crippen LogP contribution in [0.5, 0.6) is 11.5 Å². The van der Waals surface area contributed by atoms with Gasteiger partial charge in [0.1, 0.15) is 0 Å². The van der Waals surface area contributed by atoms with Crippen LogP contribution in [0.25, 0.3) is 0 Å². The van der Waals surface area contributed by atoms with Crippen molar-refractivity contribution in [3.8, 4) is 11.5 Å². The van der Waals surface area contributed by atoms with Crippen molar-refractivity contribution in [2.75, 3.05) is 47.1 Å². The number of methoxy groups -OCH3 is 2. The van der Waals surface area contributed by atoms with Crippen LogP contribution >= 0.6 is 0 Å². The summed E-state index contributed by atoms with van der Waals surface area (Å²) in [6.07, 6.45) is 6.56. The number of benzene rings is 1. The zero-order valence-corrected chi connectivity index (χ0v) is 23.5. The molecule has 1 unspecified atom stereocenters. The molecular formula is C29H47N3O5. The van der Waals surface area contributed by atoms with E-state index in [0.717, 1.165) is 38.8 Å². The first kappa shape index (κ1) is 29.2. The van der Waals surface area contributed by atoms with Crippen LogP contribution in [0.2, 0.25) is 0 Å². The molecule has 1 heterocycles. The van der Waals surface area contributed by atoms with Crippen LogP contribution < -0.4 is 14.8 Å². The van der Waals surface area contributed by atoms with E-state index in [1.165, 1.54) is 12.8 Å². The molecule has 37 heavy (non-hydrogen) atoms. The lowest BCUT2D eigenvalue weighted by Gasteiger charge is -2.40. The number of carbonyl (C=O) groups excluding carboxylic acids is 2. The van der Waals surface area contributed by atoms with Gasteiger partial charge in [0.05, 0.1) is 13.7 Å². The Morgan fingerprint density at radius 2 is 1.86 bits per heavy atom. The Labute approximate surface area is 223 Å². The fourth-order valence-corrected chi connectivity index (χ4v) is 5.13. The Morgan fingerprint density at radius 1 is 1.08 bits per heavy atom. The van der Waals surface area contributed by atoms with Crippen molar-refractivity contribution >= 4 is 11.8 Å². The standard InChI is InChI=1S/C29H47N3O5/c1-6-14-31(20-22-8-9-22)28(33)18-24-11-12-25(19-30-24)32(21(2)3)29(34)23-10-13-26(36-5)27(17-23)37-16-7-15-35-4/h10,13,17,21-22,24-25,30H,6-9,11-12,14-16,18-20H2,1-5H3/t24-,25?/m0/s1. The van der Waals surface area contributed by atoms with Crippen LogP contribution in [0.15, 0.2) is 18.2 Å². The van der Waals surface area contributed by atoms with Crippen LogP contribution in [0.4, 0.5) is 0 Å². The summed E-state index contributed by atoms with van der Waals surface area (Å²) in [5.74, 6) is 2.13. The normalized spacial score (nSPS) is 19.5. The molecule has 208 valence electrons. The van der Waals surface area contributed by atoms with E-state index < -0.39 is 0 Å². The molecule has 2 amide bonds. The average Bonchev–Trinajstić information content (AvgIpc) is 3.71. The van der Waals surface area contributed by atoms with E-state index in [2.05, 4.69) is 31.0 Å². The Morgan fingerprint density at radius 3 is 2.46 bits per heavy atom. The van der Waals surface area contributed by atoms with Gasteiger partial charge in [-0.15, -0.1) is 0 Å². The summed E-state index contributed by atoms with van der Waals surface area (Å²) in [6.45, 7) is 9.79. The third-order valence-corrected chi connectivity index (χ3v) is 7.28. The minimum absolute atomic E-state index is 0.0146. The van der Waals surface area contributed by atoms with Gasteiger partial charge >= 0.3 is 0 Å². The second-order valence-corrected chi connectivity index (χ2v) is 10.7. The number of nitrogens with zero attached hydrogens (tertiary/aromatic N) is 2. The molecule has 1 aliphatic heterocycles. The summed E-state index contributed by atoms with van der Waals surface area (Å²) in [4.78, 5) is 30.7. The van der Waals surface area contributed by atoms with Gasteiger partial charge in [-0.25, -0.2) is 0 Å². The van der Waals surface area contributed by atoms with Crippen LogP contribution in [-0.4, -0.2) is 86.8 Å². The summed E-state index contributed by atoms with van der Waals surface area (Å²) in [7, 11) is 3.26. The average molecular weight is 518 g/mol. The first-order valence-corrected chi connectivity index (χ1v) is 14.0. The van der Waals surface area contributed by atoms with Crippen molar-refractivity contribution in [2.45, 2.75) is 83.8 Å². The van der Waals surface area contributed by atoms with E-state index in [1.807, 2.05) is 4.90 Å². The summed E-state index contributed by atoms with van der Waals surface area (Å²) < 4.78 is 16.4. The van der Waals surface area contributed by atoms with Crippen molar-refractivity contribution in [1.82, 2.24) is 15.1 Å². The maximum Gasteiger partial charge on any atom is 0.254 e. The van der Waals surface area contributed by atoms with Crippen molar-refractivity contribution in [3.05, 3.63) is 23.8 Å². The highest BCUT2D eigenvalue weighted by Crippen LogP contribution is 2.31. The quantitative estimate of drug-likeness (QED) is 0.353. The maximum atomic E-state index is 13.7. The number of amides is 2. The molecule has 0 bridgehead atoms. The first-order chi connectivity index (χ1) is 17.9.